The normalized spacial score (nSPS) is 14.1. The van der Waals surface area contributed by atoms with E-state index in [1.54, 1.807) is 18.2 Å². The van der Waals surface area contributed by atoms with Gasteiger partial charge in [-0.15, -0.1) is 0 Å². The summed E-state index contributed by atoms with van der Waals surface area (Å²) in [4.78, 5) is 0. The molecule has 1 unspecified atom stereocenters. The van der Waals surface area contributed by atoms with Gasteiger partial charge in [0.15, 0.2) is 0 Å². The van der Waals surface area contributed by atoms with Gasteiger partial charge in [-0.1, -0.05) is 51.3 Å². The number of nitrogens with two attached hydrogens (primary N) is 1. The van der Waals surface area contributed by atoms with E-state index in [1.165, 1.54) is 6.07 Å². The quantitative estimate of drug-likeness (QED) is 0.771. The van der Waals surface area contributed by atoms with E-state index in [1.807, 2.05) is 19.1 Å². The molecule has 0 amide bonds. The van der Waals surface area contributed by atoms with Gasteiger partial charge in [0.1, 0.15) is 5.82 Å². The minimum Gasteiger partial charge on any atom is -0.321 e. The summed E-state index contributed by atoms with van der Waals surface area (Å²) in [7, 11) is 0. The lowest BCUT2D eigenvalue weighted by Crippen LogP contribution is -2.36. The van der Waals surface area contributed by atoms with Gasteiger partial charge in [-0.2, -0.15) is 0 Å². The van der Waals surface area contributed by atoms with E-state index >= 15 is 0 Å². The fourth-order valence-electron chi connectivity index (χ4n) is 2.11. The molecule has 0 saturated heterocycles. The largest absolute Gasteiger partial charge is 0.321 e. The summed E-state index contributed by atoms with van der Waals surface area (Å²) >= 11 is 15.3. The molecule has 0 aliphatic heterocycles. The number of halogens is 4. The van der Waals surface area contributed by atoms with E-state index in [2.05, 4.69) is 15.9 Å². The van der Waals surface area contributed by atoms with Crippen molar-refractivity contribution in [3.05, 3.63) is 67.9 Å². The minimum absolute atomic E-state index is 0.331. The summed E-state index contributed by atoms with van der Waals surface area (Å²) < 4.78 is 14.8. The summed E-state index contributed by atoms with van der Waals surface area (Å²) in [6, 6.07) is 10.1. The van der Waals surface area contributed by atoms with Crippen LogP contribution in [0.1, 0.15) is 18.1 Å². The second-order valence-electron chi connectivity index (χ2n) is 4.95. The molecule has 106 valence electrons. The highest BCUT2D eigenvalue weighted by atomic mass is 79.9. The predicted octanol–water partition coefficient (Wildman–Crippen LogP) is 5.31. The molecule has 2 aromatic rings. The fraction of sp³-hybridized carbons (Fsp3) is 0.200. The van der Waals surface area contributed by atoms with Crippen LogP contribution in [0.15, 0.2) is 40.9 Å². The second kappa shape index (κ2) is 6.02. The Morgan fingerprint density at radius 2 is 1.90 bits per heavy atom. The van der Waals surface area contributed by atoms with E-state index in [4.69, 9.17) is 28.9 Å². The standard InChI is InChI=1S/C15H13BrCl2FN/c1-15(20,12-5-3-10(16)6-13(12)18)8-9-2-4-11(17)7-14(9)19/h2-7H,8,20H2,1H3. The van der Waals surface area contributed by atoms with Crippen LogP contribution in [0.5, 0.6) is 0 Å². The first-order valence-corrected chi connectivity index (χ1v) is 7.53. The lowest BCUT2D eigenvalue weighted by atomic mass is 9.86. The zero-order chi connectivity index (χ0) is 14.9. The summed E-state index contributed by atoms with van der Waals surface area (Å²) in [5.41, 5.74) is 6.84. The van der Waals surface area contributed by atoms with Crippen molar-refractivity contribution in [3.63, 3.8) is 0 Å². The fourth-order valence-corrected chi connectivity index (χ4v) is 3.16. The Morgan fingerprint density at radius 3 is 2.50 bits per heavy atom. The van der Waals surface area contributed by atoms with Gasteiger partial charge in [0, 0.05) is 20.1 Å². The van der Waals surface area contributed by atoms with Crippen LogP contribution in [-0.2, 0) is 12.0 Å². The summed E-state index contributed by atoms with van der Waals surface area (Å²) in [5, 5.41) is 0.922. The Hall–Kier alpha value is -0.610. The molecule has 5 heteroatoms. The van der Waals surface area contributed by atoms with Crippen molar-refractivity contribution in [3.8, 4) is 0 Å². The number of hydrogen-bond donors (Lipinski definition) is 1. The van der Waals surface area contributed by atoms with Crippen molar-refractivity contribution >= 4 is 39.1 Å². The van der Waals surface area contributed by atoms with Crippen LogP contribution in [0.3, 0.4) is 0 Å². The van der Waals surface area contributed by atoms with Gasteiger partial charge < -0.3 is 5.73 Å². The van der Waals surface area contributed by atoms with Crippen LogP contribution in [0, 0.1) is 5.82 Å². The highest BCUT2D eigenvalue weighted by Gasteiger charge is 2.25. The Balaban J connectivity index is 2.35. The molecule has 0 bridgehead atoms. The van der Waals surface area contributed by atoms with Gasteiger partial charge in [0.2, 0.25) is 0 Å². The lowest BCUT2D eigenvalue weighted by molar-refractivity contribution is 0.475. The molecule has 0 aliphatic rings. The van der Waals surface area contributed by atoms with Crippen LogP contribution in [0.2, 0.25) is 10.0 Å². The monoisotopic (exact) mass is 375 g/mol. The number of rotatable bonds is 3. The summed E-state index contributed by atoms with van der Waals surface area (Å²) in [6.45, 7) is 1.83. The molecular weight excluding hydrogens is 364 g/mol. The minimum atomic E-state index is -0.771. The molecule has 1 nitrogen and oxygen atoms in total. The van der Waals surface area contributed by atoms with Gasteiger partial charge in [0.05, 0.1) is 0 Å². The van der Waals surface area contributed by atoms with Gasteiger partial charge in [0.25, 0.3) is 0 Å². The van der Waals surface area contributed by atoms with Crippen LogP contribution in [0.25, 0.3) is 0 Å². The Bertz CT molecular complexity index is 644. The van der Waals surface area contributed by atoms with Crippen LogP contribution >= 0.6 is 39.1 Å². The average Bonchev–Trinajstić information content (AvgIpc) is 2.32. The SMILES string of the molecule is CC(N)(Cc1ccc(Cl)cc1F)c1ccc(Br)cc1Cl. The van der Waals surface area contributed by atoms with Crippen molar-refractivity contribution in [2.24, 2.45) is 5.73 Å². The van der Waals surface area contributed by atoms with E-state index in [-0.39, 0.29) is 5.82 Å². The molecule has 2 aromatic carbocycles. The second-order valence-corrected chi connectivity index (χ2v) is 6.71. The highest BCUT2D eigenvalue weighted by molar-refractivity contribution is 9.10. The van der Waals surface area contributed by atoms with Crippen molar-refractivity contribution in [1.82, 2.24) is 0 Å². The molecule has 2 rings (SSSR count). The number of hydrogen-bond acceptors (Lipinski definition) is 1. The maximum Gasteiger partial charge on any atom is 0.127 e. The average molecular weight is 377 g/mol. The van der Waals surface area contributed by atoms with Gasteiger partial charge in [-0.3, -0.25) is 0 Å². The Labute approximate surface area is 136 Å². The first-order valence-electron chi connectivity index (χ1n) is 5.98. The molecule has 0 spiro atoms. The predicted molar refractivity (Wildman–Crippen MR) is 85.8 cm³/mol. The lowest BCUT2D eigenvalue weighted by Gasteiger charge is -2.27. The molecule has 2 N–H and O–H groups in total. The zero-order valence-electron chi connectivity index (χ0n) is 10.8. The van der Waals surface area contributed by atoms with Crippen LogP contribution < -0.4 is 5.73 Å². The third-order valence-corrected chi connectivity index (χ3v) is 4.16. The molecule has 0 heterocycles. The smallest absolute Gasteiger partial charge is 0.127 e. The van der Waals surface area contributed by atoms with Gasteiger partial charge in [-0.05, 0) is 48.7 Å². The third kappa shape index (κ3) is 3.53. The zero-order valence-corrected chi connectivity index (χ0v) is 13.9. The van der Waals surface area contributed by atoms with E-state index < -0.39 is 5.54 Å². The molecule has 0 fully saturated rings. The molecule has 1 atom stereocenters. The van der Waals surface area contributed by atoms with Crippen LogP contribution in [-0.4, -0.2) is 0 Å². The van der Waals surface area contributed by atoms with Crippen LogP contribution in [0.4, 0.5) is 4.39 Å². The first kappa shape index (κ1) is 15.8. The van der Waals surface area contributed by atoms with E-state index in [0.29, 0.717) is 22.0 Å². The molecule has 0 aliphatic carbocycles. The van der Waals surface area contributed by atoms with E-state index in [9.17, 15) is 4.39 Å². The topological polar surface area (TPSA) is 26.0 Å². The first-order chi connectivity index (χ1) is 9.29. The van der Waals surface area contributed by atoms with Crippen molar-refractivity contribution < 1.29 is 4.39 Å². The highest BCUT2D eigenvalue weighted by Crippen LogP contribution is 2.32. The third-order valence-electron chi connectivity index (χ3n) is 3.12. The molecule has 0 saturated carbocycles. The van der Waals surface area contributed by atoms with Crippen molar-refractivity contribution in [2.45, 2.75) is 18.9 Å². The van der Waals surface area contributed by atoms with Crippen molar-refractivity contribution in [1.29, 1.82) is 0 Å². The van der Waals surface area contributed by atoms with Gasteiger partial charge >= 0.3 is 0 Å². The van der Waals surface area contributed by atoms with Gasteiger partial charge in [-0.25, -0.2) is 4.39 Å². The maximum atomic E-state index is 13.9. The number of benzene rings is 2. The molecular formula is C15H13BrCl2FN. The molecule has 20 heavy (non-hydrogen) atoms. The molecule has 0 radical (unpaired) electrons. The molecule has 0 aromatic heterocycles. The Kier molecular flexibility index (Phi) is 4.75. The maximum absolute atomic E-state index is 13.9. The summed E-state index contributed by atoms with van der Waals surface area (Å²) in [5.74, 6) is -0.359. The Morgan fingerprint density at radius 1 is 1.20 bits per heavy atom. The summed E-state index contributed by atoms with van der Waals surface area (Å²) in [6.07, 6.45) is 0.331. The van der Waals surface area contributed by atoms with E-state index in [0.717, 1.165) is 10.0 Å². The van der Waals surface area contributed by atoms with Crippen molar-refractivity contribution in [2.75, 3.05) is 0 Å².